The van der Waals surface area contributed by atoms with Crippen LogP contribution in [0.1, 0.15) is 54.9 Å². The molecule has 0 bridgehead atoms. The summed E-state index contributed by atoms with van der Waals surface area (Å²) in [5, 5.41) is 8.78. The number of hydrogen-bond acceptors (Lipinski definition) is 4. The van der Waals surface area contributed by atoms with Gasteiger partial charge in [-0.15, -0.1) is 0 Å². The van der Waals surface area contributed by atoms with Crippen LogP contribution in [-0.4, -0.2) is 42.3 Å². The molecule has 1 unspecified atom stereocenters. The molecule has 0 saturated heterocycles. The standard InChI is InChI=1S/C15H31N3O3/c1-11(10-17-13(20)21-15(5,6)7)16-9-8-12(19)18-14(2,3)4/h11,16H,8-10H2,1-7H3,(H,17,20)(H,18,19). The fourth-order valence-electron chi connectivity index (χ4n) is 1.54. The lowest BCUT2D eigenvalue weighted by molar-refractivity contribution is -0.122. The predicted molar refractivity (Wildman–Crippen MR) is 84.2 cm³/mol. The molecule has 21 heavy (non-hydrogen) atoms. The van der Waals surface area contributed by atoms with Gasteiger partial charge in [-0.05, 0) is 48.5 Å². The van der Waals surface area contributed by atoms with Crippen LogP contribution in [0.2, 0.25) is 0 Å². The Hall–Kier alpha value is -1.30. The van der Waals surface area contributed by atoms with E-state index in [2.05, 4.69) is 16.0 Å². The Morgan fingerprint density at radius 1 is 1.10 bits per heavy atom. The van der Waals surface area contributed by atoms with E-state index in [-0.39, 0.29) is 17.5 Å². The van der Waals surface area contributed by atoms with Crippen molar-refractivity contribution in [1.29, 1.82) is 0 Å². The van der Waals surface area contributed by atoms with Gasteiger partial charge < -0.3 is 20.7 Å². The van der Waals surface area contributed by atoms with E-state index in [4.69, 9.17) is 4.74 Å². The molecule has 0 spiro atoms. The maximum atomic E-state index is 11.6. The van der Waals surface area contributed by atoms with Gasteiger partial charge >= 0.3 is 6.09 Å². The van der Waals surface area contributed by atoms with Crippen molar-refractivity contribution in [1.82, 2.24) is 16.0 Å². The quantitative estimate of drug-likeness (QED) is 0.699. The molecule has 3 N–H and O–H groups in total. The third-order valence-corrected chi connectivity index (χ3v) is 2.31. The molecule has 6 nitrogen and oxygen atoms in total. The smallest absolute Gasteiger partial charge is 0.407 e. The molecular formula is C15H31N3O3. The summed E-state index contributed by atoms with van der Waals surface area (Å²) in [5.74, 6) is 0.0160. The first-order valence-electron chi connectivity index (χ1n) is 7.40. The van der Waals surface area contributed by atoms with Gasteiger partial charge in [0.05, 0.1) is 0 Å². The molecule has 6 heteroatoms. The zero-order chi connectivity index (χ0) is 16.7. The molecule has 0 heterocycles. The molecule has 124 valence electrons. The molecule has 0 fully saturated rings. The molecule has 0 aromatic heterocycles. The Kier molecular flexibility index (Phi) is 7.71. The van der Waals surface area contributed by atoms with Crippen LogP contribution >= 0.6 is 0 Å². The zero-order valence-corrected chi connectivity index (χ0v) is 14.4. The van der Waals surface area contributed by atoms with Crippen molar-refractivity contribution in [2.45, 2.75) is 72.1 Å². The van der Waals surface area contributed by atoms with E-state index in [0.29, 0.717) is 19.5 Å². The lowest BCUT2D eigenvalue weighted by Crippen LogP contribution is -2.44. The van der Waals surface area contributed by atoms with Crippen molar-refractivity contribution in [3.8, 4) is 0 Å². The summed E-state index contributed by atoms with van der Waals surface area (Å²) in [6.07, 6.45) is -0.0183. The van der Waals surface area contributed by atoms with Crippen LogP contribution < -0.4 is 16.0 Å². The predicted octanol–water partition coefficient (Wildman–Crippen LogP) is 1.79. The lowest BCUT2D eigenvalue weighted by Gasteiger charge is -2.22. The molecule has 0 saturated carbocycles. The fraction of sp³-hybridized carbons (Fsp3) is 0.867. The first kappa shape index (κ1) is 19.7. The van der Waals surface area contributed by atoms with E-state index in [0.717, 1.165) is 0 Å². The van der Waals surface area contributed by atoms with Crippen LogP contribution in [0.25, 0.3) is 0 Å². The molecule has 0 radical (unpaired) electrons. The second kappa shape index (κ2) is 8.22. The highest BCUT2D eigenvalue weighted by atomic mass is 16.6. The Labute approximate surface area is 128 Å². The van der Waals surface area contributed by atoms with Gasteiger partial charge in [0.2, 0.25) is 5.91 Å². The second-order valence-electron chi connectivity index (χ2n) is 7.29. The first-order valence-corrected chi connectivity index (χ1v) is 7.40. The van der Waals surface area contributed by atoms with Crippen LogP contribution in [0.5, 0.6) is 0 Å². The molecule has 0 aliphatic rings. The van der Waals surface area contributed by atoms with Gasteiger partial charge in [0.1, 0.15) is 5.60 Å². The normalized spacial score (nSPS) is 13.5. The Morgan fingerprint density at radius 2 is 1.67 bits per heavy atom. The van der Waals surface area contributed by atoms with Gasteiger partial charge in [-0.3, -0.25) is 4.79 Å². The van der Waals surface area contributed by atoms with E-state index in [1.807, 2.05) is 48.5 Å². The molecule has 0 aliphatic carbocycles. The van der Waals surface area contributed by atoms with Crippen molar-refractivity contribution >= 4 is 12.0 Å². The fourth-order valence-corrected chi connectivity index (χ4v) is 1.54. The summed E-state index contributed by atoms with van der Waals surface area (Å²) < 4.78 is 5.14. The molecular weight excluding hydrogens is 270 g/mol. The van der Waals surface area contributed by atoms with E-state index in [1.165, 1.54) is 0 Å². The molecule has 0 aromatic carbocycles. The minimum Gasteiger partial charge on any atom is -0.444 e. The van der Waals surface area contributed by atoms with Crippen LogP contribution in [0, 0.1) is 0 Å². The summed E-state index contributed by atoms with van der Waals surface area (Å²) in [6.45, 7) is 14.3. The highest BCUT2D eigenvalue weighted by Crippen LogP contribution is 2.06. The maximum absolute atomic E-state index is 11.6. The summed E-state index contributed by atoms with van der Waals surface area (Å²) in [4.78, 5) is 23.1. The number of rotatable bonds is 6. The number of nitrogens with one attached hydrogen (secondary N) is 3. The number of carbonyl (C=O) groups is 2. The average molecular weight is 301 g/mol. The average Bonchev–Trinajstić information content (AvgIpc) is 2.21. The van der Waals surface area contributed by atoms with Gasteiger partial charge in [0.25, 0.3) is 0 Å². The van der Waals surface area contributed by atoms with Gasteiger partial charge in [0, 0.05) is 31.1 Å². The van der Waals surface area contributed by atoms with Crippen molar-refractivity contribution in [3.63, 3.8) is 0 Å². The summed E-state index contributed by atoms with van der Waals surface area (Å²) in [6, 6.07) is 0.0694. The highest BCUT2D eigenvalue weighted by Gasteiger charge is 2.16. The van der Waals surface area contributed by atoms with Gasteiger partial charge in [-0.1, -0.05) is 0 Å². The second-order valence-corrected chi connectivity index (χ2v) is 7.29. The van der Waals surface area contributed by atoms with Crippen molar-refractivity contribution in [2.75, 3.05) is 13.1 Å². The SMILES string of the molecule is CC(CNC(=O)OC(C)(C)C)NCCC(=O)NC(C)(C)C. The van der Waals surface area contributed by atoms with E-state index >= 15 is 0 Å². The highest BCUT2D eigenvalue weighted by molar-refractivity contribution is 5.76. The molecule has 2 amide bonds. The van der Waals surface area contributed by atoms with E-state index < -0.39 is 11.7 Å². The molecule has 0 aromatic rings. The minimum absolute atomic E-state index is 0.0160. The van der Waals surface area contributed by atoms with Crippen LogP contribution in [0.3, 0.4) is 0 Å². The largest absolute Gasteiger partial charge is 0.444 e. The first-order chi connectivity index (χ1) is 9.39. The Balaban J connectivity index is 3.79. The monoisotopic (exact) mass is 301 g/mol. The van der Waals surface area contributed by atoms with Gasteiger partial charge in [-0.25, -0.2) is 4.79 Å². The van der Waals surface area contributed by atoms with Gasteiger partial charge in [0.15, 0.2) is 0 Å². The summed E-state index contributed by atoms with van der Waals surface area (Å²) in [5.41, 5.74) is -0.702. The zero-order valence-electron chi connectivity index (χ0n) is 14.4. The van der Waals surface area contributed by atoms with Crippen molar-refractivity contribution in [2.24, 2.45) is 0 Å². The van der Waals surface area contributed by atoms with Crippen LogP contribution in [0.15, 0.2) is 0 Å². The van der Waals surface area contributed by atoms with Crippen LogP contribution in [-0.2, 0) is 9.53 Å². The third kappa shape index (κ3) is 13.4. The Bertz CT molecular complexity index is 343. The van der Waals surface area contributed by atoms with Crippen LogP contribution in [0.4, 0.5) is 4.79 Å². The number of ether oxygens (including phenoxy) is 1. The molecule has 1 atom stereocenters. The number of amides is 2. The van der Waals surface area contributed by atoms with E-state index in [9.17, 15) is 9.59 Å². The van der Waals surface area contributed by atoms with Crippen molar-refractivity contribution < 1.29 is 14.3 Å². The summed E-state index contributed by atoms with van der Waals surface area (Å²) in [7, 11) is 0. The maximum Gasteiger partial charge on any atom is 0.407 e. The van der Waals surface area contributed by atoms with Crippen molar-refractivity contribution in [3.05, 3.63) is 0 Å². The van der Waals surface area contributed by atoms with E-state index in [1.54, 1.807) is 0 Å². The number of carbonyl (C=O) groups excluding carboxylic acids is 2. The number of alkyl carbamates (subject to hydrolysis) is 1. The molecule has 0 rings (SSSR count). The summed E-state index contributed by atoms with van der Waals surface area (Å²) >= 11 is 0. The Morgan fingerprint density at radius 3 is 2.14 bits per heavy atom. The topological polar surface area (TPSA) is 79.5 Å². The molecule has 0 aliphatic heterocycles. The number of hydrogen-bond donors (Lipinski definition) is 3. The third-order valence-electron chi connectivity index (χ3n) is 2.31. The van der Waals surface area contributed by atoms with Gasteiger partial charge in [-0.2, -0.15) is 0 Å². The minimum atomic E-state index is -0.494. The lowest BCUT2D eigenvalue weighted by atomic mass is 10.1.